The van der Waals surface area contributed by atoms with Crippen LogP contribution in [0.4, 0.5) is 0 Å². The molecule has 0 aromatic carbocycles. The molecule has 0 aromatic rings. The van der Waals surface area contributed by atoms with Crippen LogP contribution in [-0.2, 0) is 14.3 Å². The predicted molar refractivity (Wildman–Crippen MR) is 74.1 cm³/mol. The topological polar surface area (TPSA) is 75.6 Å². The summed E-state index contributed by atoms with van der Waals surface area (Å²) < 4.78 is 5.11. The molecule has 20 heavy (non-hydrogen) atoms. The number of ether oxygens (including phenoxy) is 1. The number of carbonyl (C=O) groups is 2. The number of carboxylic acid groups (broad SMARTS) is 1. The Bertz CT molecular complexity index is 401. The lowest BCUT2D eigenvalue weighted by molar-refractivity contribution is -0.148. The zero-order valence-corrected chi connectivity index (χ0v) is 12.0. The predicted octanol–water partition coefficient (Wildman–Crippen LogP) is 1.44. The van der Waals surface area contributed by atoms with Gasteiger partial charge in [0.1, 0.15) is 0 Å². The molecule has 2 aliphatic carbocycles. The van der Waals surface area contributed by atoms with E-state index < -0.39 is 17.8 Å². The van der Waals surface area contributed by atoms with Gasteiger partial charge < -0.3 is 15.2 Å². The zero-order chi connectivity index (χ0) is 14.7. The van der Waals surface area contributed by atoms with Gasteiger partial charge in [-0.2, -0.15) is 0 Å². The summed E-state index contributed by atoms with van der Waals surface area (Å²) in [6.45, 7) is 2.52. The molecule has 0 aromatic heterocycles. The smallest absolute Gasteiger partial charge is 0.307 e. The molecule has 5 unspecified atom stereocenters. The standard InChI is InChI=1S/C15H23NO4/c1-3-4-11(8-20-2)16-14(17)12-9-5-6-10(7-9)13(12)15(18)19/h5-6,9-13H,3-4,7-8H2,1-2H3,(H,16,17)(H,18,19). The first-order valence-electron chi connectivity index (χ1n) is 7.28. The van der Waals surface area contributed by atoms with Crippen LogP contribution in [-0.4, -0.2) is 36.7 Å². The molecule has 0 saturated heterocycles. The van der Waals surface area contributed by atoms with Gasteiger partial charge in [0.25, 0.3) is 0 Å². The van der Waals surface area contributed by atoms with E-state index in [1.165, 1.54) is 0 Å². The number of carboxylic acids is 1. The lowest BCUT2D eigenvalue weighted by Gasteiger charge is -2.26. The molecule has 2 rings (SSSR count). The molecule has 2 aliphatic rings. The van der Waals surface area contributed by atoms with Gasteiger partial charge in [0.05, 0.1) is 24.5 Å². The highest BCUT2D eigenvalue weighted by Gasteiger charge is 2.51. The molecule has 0 radical (unpaired) electrons. The lowest BCUT2D eigenvalue weighted by atomic mass is 9.82. The number of nitrogens with one attached hydrogen (secondary N) is 1. The van der Waals surface area contributed by atoms with E-state index in [-0.39, 0.29) is 23.8 Å². The summed E-state index contributed by atoms with van der Waals surface area (Å²) in [6.07, 6.45) is 6.53. The minimum atomic E-state index is -0.860. The monoisotopic (exact) mass is 281 g/mol. The van der Waals surface area contributed by atoms with Crippen LogP contribution in [0.15, 0.2) is 12.2 Å². The molecular weight excluding hydrogens is 258 g/mol. The summed E-state index contributed by atoms with van der Waals surface area (Å²) in [5.41, 5.74) is 0. The number of fused-ring (bicyclic) bond motifs is 2. The van der Waals surface area contributed by atoms with Crippen molar-refractivity contribution in [3.8, 4) is 0 Å². The average Bonchev–Trinajstić information content (AvgIpc) is 2.99. The Labute approximate surface area is 119 Å². The van der Waals surface area contributed by atoms with Crippen molar-refractivity contribution in [1.29, 1.82) is 0 Å². The largest absolute Gasteiger partial charge is 0.481 e. The number of carbonyl (C=O) groups excluding carboxylic acids is 1. The van der Waals surface area contributed by atoms with Gasteiger partial charge in [-0.3, -0.25) is 9.59 Å². The van der Waals surface area contributed by atoms with Crippen LogP contribution in [0.2, 0.25) is 0 Å². The first-order chi connectivity index (χ1) is 9.58. The van der Waals surface area contributed by atoms with Gasteiger partial charge >= 0.3 is 5.97 Å². The molecule has 2 bridgehead atoms. The minimum Gasteiger partial charge on any atom is -0.481 e. The maximum atomic E-state index is 12.4. The van der Waals surface area contributed by atoms with Crippen LogP contribution in [0.3, 0.4) is 0 Å². The number of hydrogen-bond donors (Lipinski definition) is 2. The van der Waals surface area contributed by atoms with E-state index in [2.05, 4.69) is 12.2 Å². The molecular formula is C15H23NO4. The van der Waals surface area contributed by atoms with Crippen LogP contribution < -0.4 is 5.32 Å². The van der Waals surface area contributed by atoms with Gasteiger partial charge in [-0.05, 0) is 24.7 Å². The SMILES string of the molecule is CCCC(COC)NC(=O)C1C2C=CC(C2)C1C(=O)O. The first kappa shape index (κ1) is 15.0. The quantitative estimate of drug-likeness (QED) is 0.692. The number of hydrogen-bond acceptors (Lipinski definition) is 3. The Hall–Kier alpha value is -1.36. The van der Waals surface area contributed by atoms with Crippen molar-refractivity contribution in [2.45, 2.75) is 32.2 Å². The van der Waals surface area contributed by atoms with Gasteiger partial charge in [0, 0.05) is 7.11 Å². The zero-order valence-electron chi connectivity index (χ0n) is 12.0. The van der Waals surface area contributed by atoms with Crippen molar-refractivity contribution >= 4 is 11.9 Å². The van der Waals surface area contributed by atoms with E-state index in [4.69, 9.17) is 4.74 Å². The highest BCUT2D eigenvalue weighted by molar-refractivity contribution is 5.87. The average molecular weight is 281 g/mol. The Kier molecular flexibility index (Phi) is 4.81. The second-order valence-electron chi connectivity index (χ2n) is 5.79. The molecule has 5 atom stereocenters. The number of aliphatic carboxylic acids is 1. The fraction of sp³-hybridized carbons (Fsp3) is 0.733. The number of allylic oxidation sites excluding steroid dienone is 2. The fourth-order valence-corrected chi connectivity index (χ4v) is 3.56. The summed E-state index contributed by atoms with van der Waals surface area (Å²) in [5, 5.41) is 12.3. The third-order valence-electron chi connectivity index (χ3n) is 4.40. The number of rotatable bonds is 7. The Morgan fingerprint density at radius 2 is 2.00 bits per heavy atom. The van der Waals surface area contributed by atoms with E-state index in [0.29, 0.717) is 6.61 Å². The van der Waals surface area contributed by atoms with Gasteiger partial charge in [0.15, 0.2) is 0 Å². The van der Waals surface area contributed by atoms with Crippen molar-refractivity contribution in [2.75, 3.05) is 13.7 Å². The summed E-state index contributed by atoms with van der Waals surface area (Å²) in [4.78, 5) is 23.9. The van der Waals surface area contributed by atoms with Crippen LogP contribution in [0.25, 0.3) is 0 Å². The van der Waals surface area contributed by atoms with E-state index in [0.717, 1.165) is 19.3 Å². The Balaban J connectivity index is 2.04. The van der Waals surface area contributed by atoms with Crippen LogP contribution >= 0.6 is 0 Å². The van der Waals surface area contributed by atoms with Crippen molar-refractivity contribution in [2.24, 2.45) is 23.7 Å². The van der Waals surface area contributed by atoms with Gasteiger partial charge in [-0.15, -0.1) is 0 Å². The number of methoxy groups -OCH3 is 1. The number of amides is 1. The molecule has 1 amide bonds. The molecule has 2 N–H and O–H groups in total. The molecule has 0 heterocycles. The molecule has 5 nitrogen and oxygen atoms in total. The third kappa shape index (κ3) is 2.87. The van der Waals surface area contributed by atoms with Gasteiger partial charge in [-0.1, -0.05) is 25.5 Å². The second-order valence-corrected chi connectivity index (χ2v) is 5.79. The van der Waals surface area contributed by atoms with Crippen molar-refractivity contribution in [3.63, 3.8) is 0 Å². The third-order valence-corrected chi connectivity index (χ3v) is 4.40. The summed E-state index contributed by atoms with van der Waals surface area (Å²) in [7, 11) is 1.61. The summed E-state index contributed by atoms with van der Waals surface area (Å²) in [6, 6.07) is -0.0324. The Morgan fingerprint density at radius 1 is 1.35 bits per heavy atom. The highest BCUT2D eigenvalue weighted by atomic mass is 16.5. The normalized spacial score (nSPS) is 32.3. The van der Waals surface area contributed by atoms with Crippen molar-refractivity contribution in [1.82, 2.24) is 5.32 Å². The molecule has 112 valence electrons. The van der Waals surface area contributed by atoms with E-state index in [1.807, 2.05) is 12.2 Å². The molecule has 0 aliphatic heterocycles. The van der Waals surface area contributed by atoms with Crippen molar-refractivity contribution in [3.05, 3.63) is 12.2 Å². The minimum absolute atomic E-state index is 0.0142. The summed E-state index contributed by atoms with van der Waals surface area (Å²) in [5.74, 6) is -1.91. The molecule has 1 saturated carbocycles. The molecule has 5 heteroatoms. The molecule has 0 spiro atoms. The van der Waals surface area contributed by atoms with E-state index in [1.54, 1.807) is 7.11 Å². The Morgan fingerprint density at radius 3 is 2.55 bits per heavy atom. The van der Waals surface area contributed by atoms with E-state index in [9.17, 15) is 14.7 Å². The highest BCUT2D eigenvalue weighted by Crippen LogP contribution is 2.48. The maximum absolute atomic E-state index is 12.4. The van der Waals surface area contributed by atoms with Crippen molar-refractivity contribution < 1.29 is 19.4 Å². The van der Waals surface area contributed by atoms with Crippen LogP contribution in [0.5, 0.6) is 0 Å². The van der Waals surface area contributed by atoms with Gasteiger partial charge in [-0.25, -0.2) is 0 Å². The molecule has 1 fully saturated rings. The lowest BCUT2D eigenvalue weighted by Crippen LogP contribution is -2.45. The van der Waals surface area contributed by atoms with E-state index >= 15 is 0 Å². The summed E-state index contributed by atoms with van der Waals surface area (Å²) >= 11 is 0. The maximum Gasteiger partial charge on any atom is 0.307 e. The van der Waals surface area contributed by atoms with Crippen LogP contribution in [0.1, 0.15) is 26.2 Å². The fourth-order valence-electron chi connectivity index (χ4n) is 3.56. The van der Waals surface area contributed by atoms with Crippen LogP contribution in [0, 0.1) is 23.7 Å². The van der Waals surface area contributed by atoms with Gasteiger partial charge in [0.2, 0.25) is 5.91 Å². The second kappa shape index (κ2) is 6.39. The first-order valence-corrected chi connectivity index (χ1v) is 7.28.